The maximum Gasteiger partial charge on any atom is 0.261 e. The van der Waals surface area contributed by atoms with Gasteiger partial charge in [-0.25, -0.2) is 8.42 Å². The van der Waals surface area contributed by atoms with Crippen LogP contribution in [0.1, 0.15) is 26.7 Å². The number of amides is 1. The molecule has 0 bridgehead atoms. The summed E-state index contributed by atoms with van der Waals surface area (Å²) in [4.78, 5) is 15.4. The third-order valence-electron chi connectivity index (χ3n) is 6.62. The summed E-state index contributed by atoms with van der Waals surface area (Å²) in [5, 5.41) is 1.88. The molecule has 0 N–H and O–H groups in total. The largest absolute Gasteiger partial charge is 0.493 e. The molecule has 8 heteroatoms. The molecule has 0 aromatic heterocycles. The van der Waals surface area contributed by atoms with E-state index in [4.69, 9.17) is 9.47 Å². The van der Waals surface area contributed by atoms with Crippen LogP contribution < -0.4 is 9.47 Å². The van der Waals surface area contributed by atoms with Crippen molar-refractivity contribution in [2.75, 3.05) is 26.8 Å². The summed E-state index contributed by atoms with van der Waals surface area (Å²) in [6.45, 7) is 4.33. The summed E-state index contributed by atoms with van der Waals surface area (Å²) in [6.07, 6.45) is 1.28. The normalized spacial score (nSPS) is 19.0. The number of ether oxygens (including phenoxy) is 2. The zero-order valence-corrected chi connectivity index (χ0v) is 21.2. The van der Waals surface area contributed by atoms with Crippen molar-refractivity contribution in [3.05, 3.63) is 66.7 Å². The number of hydrogen-bond acceptors (Lipinski definition) is 5. The predicted molar refractivity (Wildman–Crippen MR) is 136 cm³/mol. The number of sulfonamides is 1. The van der Waals surface area contributed by atoms with Gasteiger partial charge in [-0.05, 0) is 47.9 Å². The second kappa shape index (κ2) is 10.7. The number of nitrogens with zero attached hydrogens (tertiary/aromatic N) is 2. The van der Waals surface area contributed by atoms with Crippen molar-refractivity contribution >= 4 is 26.7 Å². The zero-order valence-electron chi connectivity index (χ0n) is 20.4. The van der Waals surface area contributed by atoms with E-state index in [0.29, 0.717) is 24.3 Å². The van der Waals surface area contributed by atoms with Crippen molar-refractivity contribution in [3.63, 3.8) is 0 Å². The van der Waals surface area contributed by atoms with Crippen molar-refractivity contribution in [3.8, 4) is 11.5 Å². The Labute approximate surface area is 207 Å². The number of carbonyl (C=O) groups excluding carboxylic acids is 1. The lowest BCUT2D eigenvalue weighted by Gasteiger charge is -2.46. The van der Waals surface area contributed by atoms with E-state index in [-0.39, 0.29) is 42.6 Å². The van der Waals surface area contributed by atoms with E-state index in [1.165, 1.54) is 4.31 Å². The Morgan fingerprint density at radius 2 is 1.49 bits per heavy atom. The number of para-hydroxylation sites is 2. The van der Waals surface area contributed by atoms with Gasteiger partial charge in [0.05, 0.1) is 12.0 Å². The smallest absolute Gasteiger partial charge is 0.261 e. The summed E-state index contributed by atoms with van der Waals surface area (Å²) in [5.41, 5.74) is 0. The number of rotatable bonds is 8. The second-order valence-electron chi connectivity index (χ2n) is 8.70. The van der Waals surface area contributed by atoms with Crippen LogP contribution in [0.3, 0.4) is 0 Å². The van der Waals surface area contributed by atoms with Crippen LogP contribution in [0.2, 0.25) is 0 Å². The second-order valence-corrected chi connectivity index (χ2v) is 10.6. The third kappa shape index (κ3) is 5.13. The molecule has 0 saturated carbocycles. The number of hydrogen-bond donors (Lipinski definition) is 0. The SMILES string of the molecule is CCC1CN(S(=O)(=O)c2ccc3ccccc3c2)CC(CC)N1C(=O)COc1ccccc1OC. The van der Waals surface area contributed by atoms with Gasteiger partial charge in [-0.15, -0.1) is 0 Å². The summed E-state index contributed by atoms with van der Waals surface area (Å²) in [7, 11) is -2.15. The van der Waals surface area contributed by atoms with Crippen LogP contribution in [0, 0.1) is 0 Å². The maximum absolute atomic E-state index is 13.6. The summed E-state index contributed by atoms with van der Waals surface area (Å²) >= 11 is 0. The molecule has 1 aliphatic heterocycles. The number of methoxy groups -OCH3 is 1. The van der Waals surface area contributed by atoms with Gasteiger partial charge in [-0.2, -0.15) is 4.31 Å². The highest BCUT2D eigenvalue weighted by atomic mass is 32.2. The van der Waals surface area contributed by atoms with Crippen LogP contribution in [-0.2, 0) is 14.8 Å². The molecule has 0 spiro atoms. The van der Waals surface area contributed by atoms with E-state index < -0.39 is 10.0 Å². The van der Waals surface area contributed by atoms with E-state index in [2.05, 4.69) is 0 Å². The first-order valence-electron chi connectivity index (χ1n) is 11.9. The van der Waals surface area contributed by atoms with Crippen LogP contribution >= 0.6 is 0 Å². The maximum atomic E-state index is 13.6. The van der Waals surface area contributed by atoms with Gasteiger partial charge in [0.25, 0.3) is 5.91 Å². The van der Waals surface area contributed by atoms with Crippen LogP contribution in [-0.4, -0.2) is 62.4 Å². The fraction of sp³-hybridized carbons (Fsp3) is 0.370. The molecule has 0 aliphatic carbocycles. The van der Waals surface area contributed by atoms with Crippen molar-refractivity contribution in [1.82, 2.24) is 9.21 Å². The molecule has 4 rings (SSSR count). The van der Waals surface area contributed by atoms with Crippen LogP contribution in [0.4, 0.5) is 0 Å². The fourth-order valence-electron chi connectivity index (χ4n) is 4.70. The van der Waals surface area contributed by atoms with Gasteiger partial charge in [-0.3, -0.25) is 4.79 Å². The van der Waals surface area contributed by atoms with Crippen LogP contribution in [0.5, 0.6) is 11.5 Å². The standard InChI is InChI=1S/C27H32N2O5S/c1-4-22-17-28(35(31,32)24-15-14-20-10-6-7-11-21(20)16-24)18-23(5-2)29(22)27(30)19-34-26-13-9-8-12-25(26)33-3/h6-16,22-23H,4-5,17-19H2,1-3H3. The molecule has 0 radical (unpaired) electrons. The zero-order chi connectivity index (χ0) is 25.0. The Hall–Kier alpha value is -3.10. The molecule has 3 aromatic carbocycles. The Morgan fingerprint density at radius 1 is 0.886 bits per heavy atom. The van der Waals surface area contributed by atoms with Gasteiger partial charge < -0.3 is 14.4 Å². The minimum Gasteiger partial charge on any atom is -0.493 e. The van der Waals surface area contributed by atoms with Gasteiger partial charge in [0, 0.05) is 25.2 Å². The molecular formula is C27H32N2O5S. The lowest BCUT2D eigenvalue weighted by atomic mass is 10.0. The summed E-state index contributed by atoms with van der Waals surface area (Å²) in [5.74, 6) is 0.907. The van der Waals surface area contributed by atoms with E-state index in [1.807, 2.05) is 61.2 Å². The average Bonchev–Trinajstić information content (AvgIpc) is 2.90. The third-order valence-corrected chi connectivity index (χ3v) is 8.45. The van der Waals surface area contributed by atoms with Crippen molar-refractivity contribution < 1.29 is 22.7 Å². The highest BCUT2D eigenvalue weighted by Crippen LogP contribution is 2.29. The quantitative estimate of drug-likeness (QED) is 0.464. The minimum absolute atomic E-state index is 0.134. The van der Waals surface area contributed by atoms with Gasteiger partial charge in [0.1, 0.15) is 0 Å². The Morgan fingerprint density at radius 3 is 2.11 bits per heavy atom. The monoisotopic (exact) mass is 496 g/mol. The molecule has 2 atom stereocenters. The molecule has 35 heavy (non-hydrogen) atoms. The molecule has 1 aliphatic rings. The van der Waals surface area contributed by atoms with Gasteiger partial charge in [0.2, 0.25) is 10.0 Å². The molecule has 3 aromatic rings. The van der Waals surface area contributed by atoms with Gasteiger partial charge >= 0.3 is 0 Å². The summed E-state index contributed by atoms with van der Waals surface area (Å²) < 4.78 is 39.8. The minimum atomic E-state index is -3.71. The van der Waals surface area contributed by atoms with Gasteiger partial charge in [0.15, 0.2) is 18.1 Å². The topological polar surface area (TPSA) is 76.2 Å². The van der Waals surface area contributed by atoms with Crippen LogP contribution in [0.25, 0.3) is 10.8 Å². The highest BCUT2D eigenvalue weighted by Gasteiger charge is 2.40. The first-order valence-corrected chi connectivity index (χ1v) is 13.4. The van der Waals surface area contributed by atoms with Crippen molar-refractivity contribution in [2.45, 2.75) is 43.7 Å². The molecule has 2 unspecified atom stereocenters. The number of fused-ring (bicyclic) bond motifs is 1. The molecule has 1 heterocycles. The molecule has 1 saturated heterocycles. The van der Waals surface area contributed by atoms with E-state index in [9.17, 15) is 13.2 Å². The lowest BCUT2D eigenvalue weighted by molar-refractivity contribution is -0.141. The number of carbonyl (C=O) groups is 1. The first-order chi connectivity index (χ1) is 16.9. The molecule has 1 amide bonds. The van der Waals surface area contributed by atoms with E-state index in [0.717, 1.165) is 10.8 Å². The number of benzene rings is 3. The molecular weight excluding hydrogens is 464 g/mol. The predicted octanol–water partition coefficient (Wildman–Crippen LogP) is 4.32. The van der Waals surface area contributed by atoms with Crippen molar-refractivity contribution in [2.24, 2.45) is 0 Å². The van der Waals surface area contributed by atoms with Crippen LogP contribution in [0.15, 0.2) is 71.6 Å². The molecule has 1 fully saturated rings. The molecule has 186 valence electrons. The van der Waals surface area contributed by atoms with Gasteiger partial charge in [-0.1, -0.05) is 56.3 Å². The fourth-order valence-corrected chi connectivity index (χ4v) is 6.25. The average molecular weight is 497 g/mol. The summed E-state index contributed by atoms with van der Waals surface area (Å²) in [6, 6.07) is 19.7. The molecule has 7 nitrogen and oxygen atoms in total. The highest BCUT2D eigenvalue weighted by molar-refractivity contribution is 7.89. The van der Waals surface area contributed by atoms with E-state index in [1.54, 1.807) is 31.4 Å². The van der Waals surface area contributed by atoms with Crippen molar-refractivity contribution in [1.29, 1.82) is 0 Å². The Bertz CT molecular complexity index is 1280. The first kappa shape index (κ1) is 25.0. The number of piperazine rings is 1. The Balaban J connectivity index is 1.53. The Kier molecular flexibility index (Phi) is 7.62. The van der Waals surface area contributed by atoms with E-state index >= 15 is 0 Å². The lowest BCUT2D eigenvalue weighted by Crippen LogP contribution is -2.62.